The molecule has 0 aliphatic rings. The lowest BCUT2D eigenvalue weighted by atomic mass is 10.1. The fraction of sp³-hybridized carbons (Fsp3) is 0.941. The van der Waals surface area contributed by atoms with Gasteiger partial charge in [-0.25, -0.2) is 0 Å². The van der Waals surface area contributed by atoms with Crippen LogP contribution in [-0.4, -0.2) is 45.3 Å². The van der Waals surface area contributed by atoms with Crippen LogP contribution in [0, 0.1) is 0 Å². The van der Waals surface area contributed by atoms with E-state index < -0.39 is 0 Å². The second-order valence-corrected chi connectivity index (χ2v) is 6.36. The highest BCUT2D eigenvalue weighted by Crippen LogP contribution is 2.11. The van der Waals surface area contributed by atoms with Gasteiger partial charge in [0, 0.05) is 19.5 Å². The van der Waals surface area contributed by atoms with Gasteiger partial charge in [0.25, 0.3) is 0 Å². The number of ether oxygens (including phenoxy) is 2. The normalized spacial score (nSPS) is 10.9. The van der Waals surface area contributed by atoms with Gasteiger partial charge in [0.05, 0.1) is 31.8 Å². The minimum absolute atomic E-state index is 0.193. The Morgan fingerprint density at radius 2 is 1.78 bits per heavy atom. The molecule has 138 valence electrons. The summed E-state index contributed by atoms with van der Waals surface area (Å²) in [6, 6.07) is 0. The maximum Gasteiger partial charge on any atom is 0.320 e. The van der Waals surface area contributed by atoms with Crippen molar-refractivity contribution in [1.82, 2.24) is 5.32 Å². The number of hydrogen-bond donors (Lipinski definition) is 1. The number of hydrogen-bond acceptors (Lipinski definition) is 6. The van der Waals surface area contributed by atoms with E-state index in [2.05, 4.69) is 12.2 Å². The molecule has 0 aromatic heterocycles. The van der Waals surface area contributed by atoms with Crippen LogP contribution < -0.4 is 5.32 Å². The van der Waals surface area contributed by atoms with E-state index in [9.17, 15) is 4.79 Å². The molecule has 0 aliphatic heterocycles. The first kappa shape index (κ1) is 22.7. The second-order valence-electron chi connectivity index (χ2n) is 5.55. The highest BCUT2D eigenvalue weighted by molar-refractivity contribution is 7.95. The zero-order chi connectivity index (χ0) is 17.0. The van der Waals surface area contributed by atoms with Crippen molar-refractivity contribution in [3.63, 3.8) is 0 Å². The first-order chi connectivity index (χ1) is 11.3. The van der Waals surface area contributed by atoms with Gasteiger partial charge >= 0.3 is 5.97 Å². The Labute approximate surface area is 146 Å². The smallest absolute Gasteiger partial charge is 0.320 e. The van der Waals surface area contributed by atoms with Crippen LogP contribution in [0.4, 0.5) is 0 Å². The zero-order valence-corrected chi connectivity index (χ0v) is 15.8. The van der Waals surface area contributed by atoms with Crippen molar-refractivity contribution in [2.45, 2.75) is 64.7 Å². The average Bonchev–Trinajstić information content (AvgIpc) is 2.56. The highest BCUT2D eigenvalue weighted by Gasteiger charge is 2.03. The molecule has 0 aliphatic carbocycles. The van der Waals surface area contributed by atoms with Gasteiger partial charge in [-0.1, -0.05) is 39.0 Å². The van der Waals surface area contributed by atoms with Crippen molar-refractivity contribution in [3.05, 3.63) is 0 Å². The van der Waals surface area contributed by atoms with Crippen LogP contribution >= 0.6 is 12.0 Å². The molecule has 6 heteroatoms. The molecule has 0 heterocycles. The van der Waals surface area contributed by atoms with E-state index in [-0.39, 0.29) is 5.97 Å². The summed E-state index contributed by atoms with van der Waals surface area (Å²) in [5.74, 6) is 0.697. The monoisotopic (exact) mass is 349 g/mol. The standard InChI is InChI=1S/C17H35NO4S/c1-3-4-5-6-7-10-15-23-22-17(19)11-14-21-16-18-12-8-9-13-20-2/h18H,3-16H2,1-2H3. The van der Waals surface area contributed by atoms with Gasteiger partial charge in [-0.3, -0.25) is 10.1 Å². The number of unbranched alkanes of at least 4 members (excludes halogenated alkanes) is 6. The van der Waals surface area contributed by atoms with Gasteiger partial charge in [-0.05, 0) is 25.8 Å². The molecule has 5 nitrogen and oxygen atoms in total. The molecule has 0 rings (SSSR count). The summed E-state index contributed by atoms with van der Waals surface area (Å²) < 4.78 is 15.4. The summed E-state index contributed by atoms with van der Waals surface area (Å²) in [4.78, 5) is 11.5. The Morgan fingerprint density at radius 3 is 2.57 bits per heavy atom. The van der Waals surface area contributed by atoms with E-state index in [0.717, 1.165) is 38.2 Å². The minimum Gasteiger partial charge on any atom is -0.391 e. The molecule has 1 N–H and O–H groups in total. The average molecular weight is 350 g/mol. The largest absolute Gasteiger partial charge is 0.391 e. The van der Waals surface area contributed by atoms with Crippen molar-refractivity contribution < 1.29 is 18.5 Å². The zero-order valence-electron chi connectivity index (χ0n) is 14.9. The molecule has 0 atom stereocenters. The van der Waals surface area contributed by atoms with Crippen molar-refractivity contribution in [3.8, 4) is 0 Å². The molecule has 0 aromatic carbocycles. The predicted octanol–water partition coefficient (Wildman–Crippen LogP) is 3.92. The third kappa shape index (κ3) is 19.7. The molecule has 0 spiro atoms. The van der Waals surface area contributed by atoms with Gasteiger partial charge in [0.15, 0.2) is 0 Å². The quantitative estimate of drug-likeness (QED) is 0.230. The van der Waals surface area contributed by atoms with E-state index in [1.807, 2.05) is 0 Å². The molecule has 0 fully saturated rings. The molecular weight excluding hydrogens is 314 g/mol. The molecule has 0 saturated carbocycles. The maximum absolute atomic E-state index is 11.5. The number of carbonyl (C=O) groups is 1. The van der Waals surface area contributed by atoms with Crippen molar-refractivity contribution in [2.75, 3.05) is 39.4 Å². The summed E-state index contributed by atoms with van der Waals surface area (Å²) in [5.41, 5.74) is 0. The first-order valence-electron chi connectivity index (χ1n) is 8.91. The van der Waals surface area contributed by atoms with Gasteiger partial charge in [-0.15, -0.1) is 0 Å². The Morgan fingerprint density at radius 1 is 1.00 bits per heavy atom. The summed E-state index contributed by atoms with van der Waals surface area (Å²) in [6.45, 7) is 4.80. The Bertz CT molecular complexity index is 255. The highest BCUT2D eigenvalue weighted by atomic mass is 32.2. The lowest BCUT2D eigenvalue weighted by Crippen LogP contribution is -2.20. The topological polar surface area (TPSA) is 56.8 Å². The molecular formula is C17H35NO4S. The van der Waals surface area contributed by atoms with Gasteiger partial charge in [0.2, 0.25) is 0 Å². The molecule has 0 aromatic rings. The lowest BCUT2D eigenvalue weighted by Gasteiger charge is -2.06. The van der Waals surface area contributed by atoms with Crippen molar-refractivity contribution >= 4 is 18.0 Å². The van der Waals surface area contributed by atoms with E-state index in [1.54, 1.807) is 7.11 Å². The third-order valence-electron chi connectivity index (χ3n) is 3.34. The van der Waals surface area contributed by atoms with Gasteiger partial charge in [-0.2, -0.15) is 0 Å². The number of carbonyl (C=O) groups excluding carboxylic acids is 1. The summed E-state index contributed by atoms with van der Waals surface area (Å²) in [5, 5.41) is 3.16. The number of rotatable bonds is 18. The summed E-state index contributed by atoms with van der Waals surface area (Å²) in [6.07, 6.45) is 9.97. The third-order valence-corrected chi connectivity index (χ3v) is 4.10. The van der Waals surface area contributed by atoms with Crippen LogP contribution in [0.3, 0.4) is 0 Å². The van der Waals surface area contributed by atoms with E-state index in [0.29, 0.717) is 19.8 Å². The lowest BCUT2D eigenvalue weighted by molar-refractivity contribution is -0.134. The van der Waals surface area contributed by atoms with Gasteiger partial charge < -0.3 is 13.7 Å². The van der Waals surface area contributed by atoms with E-state index >= 15 is 0 Å². The molecule has 0 saturated heterocycles. The van der Waals surface area contributed by atoms with Crippen LogP contribution in [0.25, 0.3) is 0 Å². The second kappa shape index (κ2) is 19.7. The van der Waals surface area contributed by atoms with Crippen LogP contribution in [0.2, 0.25) is 0 Å². The molecule has 0 bridgehead atoms. The van der Waals surface area contributed by atoms with Gasteiger partial charge in [0.1, 0.15) is 0 Å². The summed E-state index contributed by atoms with van der Waals surface area (Å²) in [7, 11) is 1.71. The SMILES string of the molecule is CCCCCCCCSOC(=O)CCOCNCCCCOC. The fourth-order valence-electron chi connectivity index (χ4n) is 1.96. The fourth-order valence-corrected chi connectivity index (χ4v) is 2.58. The Balaban J connectivity index is 3.13. The Hall–Kier alpha value is -0.300. The minimum atomic E-state index is -0.193. The van der Waals surface area contributed by atoms with Crippen molar-refractivity contribution in [1.29, 1.82) is 0 Å². The molecule has 0 unspecified atom stereocenters. The molecule has 0 amide bonds. The van der Waals surface area contributed by atoms with E-state index in [4.69, 9.17) is 13.7 Å². The predicted molar refractivity (Wildman–Crippen MR) is 96.5 cm³/mol. The number of nitrogens with one attached hydrogen (secondary N) is 1. The van der Waals surface area contributed by atoms with Crippen LogP contribution in [0.1, 0.15) is 64.7 Å². The Kier molecular flexibility index (Phi) is 19.5. The molecule has 0 radical (unpaired) electrons. The van der Waals surface area contributed by atoms with Crippen LogP contribution in [0.5, 0.6) is 0 Å². The van der Waals surface area contributed by atoms with Crippen LogP contribution in [-0.2, 0) is 18.5 Å². The van der Waals surface area contributed by atoms with Crippen molar-refractivity contribution in [2.24, 2.45) is 0 Å². The number of methoxy groups -OCH3 is 1. The van der Waals surface area contributed by atoms with Crippen LogP contribution in [0.15, 0.2) is 0 Å². The first-order valence-corrected chi connectivity index (χ1v) is 9.82. The molecule has 23 heavy (non-hydrogen) atoms. The maximum atomic E-state index is 11.5. The summed E-state index contributed by atoms with van der Waals surface area (Å²) >= 11 is 1.27. The van der Waals surface area contributed by atoms with E-state index in [1.165, 1.54) is 44.1 Å².